The zero-order valence-electron chi connectivity index (χ0n) is 18.8. The molecule has 0 saturated heterocycles. The number of ether oxygens (including phenoxy) is 1. The largest absolute Gasteiger partial charge is 0.490 e. The first-order valence-corrected chi connectivity index (χ1v) is 12.0. The average molecular weight is 469 g/mol. The molecule has 0 saturated carbocycles. The first kappa shape index (κ1) is 22.0. The van der Waals surface area contributed by atoms with E-state index in [1.807, 2.05) is 48.5 Å². The van der Waals surface area contributed by atoms with Crippen molar-refractivity contribution >= 4 is 28.5 Å². The van der Waals surface area contributed by atoms with Crippen LogP contribution in [0.2, 0.25) is 0 Å². The van der Waals surface area contributed by atoms with Crippen molar-refractivity contribution in [2.45, 2.75) is 18.8 Å². The van der Waals surface area contributed by atoms with Crippen LogP contribution < -0.4 is 20.6 Å². The minimum Gasteiger partial charge on any atom is -0.490 e. The second-order valence-corrected chi connectivity index (χ2v) is 8.98. The number of fused-ring (bicyclic) bond motifs is 2. The Morgan fingerprint density at radius 3 is 2.62 bits per heavy atom. The van der Waals surface area contributed by atoms with E-state index in [1.54, 1.807) is 11.1 Å². The van der Waals surface area contributed by atoms with E-state index in [4.69, 9.17) is 14.8 Å². The summed E-state index contributed by atoms with van der Waals surface area (Å²) in [5.41, 5.74) is 3.80. The van der Waals surface area contributed by atoms with Crippen LogP contribution in [-0.2, 0) is 10.5 Å². The third kappa shape index (κ3) is 4.47. The number of carbonyl (C=O) groups is 1. The molecule has 2 aliphatic heterocycles. The number of carbonyl (C=O) groups excluding carboxylic acids is 1. The number of hydrogen-bond donors (Lipinski definition) is 1. The Morgan fingerprint density at radius 1 is 1.09 bits per heavy atom. The Kier molecular flexibility index (Phi) is 6.18. The predicted octanol–water partition coefficient (Wildman–Crippen LogP) is 3.64. The fourth-order valence-electron chi connectivity index (χ4n) is 3.84. The van der Waals surface area contributed by atoms with Crippen LogP contribution in [0, 0.1) is 6.92 Å². The zero-order chi connectivity index (χ0) is 23.5. The molecule has 6 nitrogen and oxygen atoms in total. The van der Waals surface area contributed by atoms with E-state index in [9.17, 15) is 4.79 Å². The molecular formula is C27H24N4O2S. The molecule has 2 heterocycles. The molecule has 2 aliphatic rings. The average Bonchev–Trinajstić information content (AvgIpc) is 2.87. The van der Waals surface area contributed by atoms with Gasteiger partial charge in [0.2, 0.25) is 0 Å². The predicted molar refractivity (Wildman–Crippen MR) is 135 cm³/mol. The van der Waals surface area contributed by atoms with Crippen LogP contribution in [0.25, 0.3) is 5.70 Å². The van der Waals surface area contributed by atoms with E-state index in [0.717, 1.165) is 21.9 Å². The van der Waals surface area contributed by atoms with E-state index >= 15 is 0 Å². The molecule has 1 amide bonds. The van der Waals surface area contributed by atoms with Crippen LogP contribution >= 0.6 is 11.8 Å². The molecule has 34 heavy (non-hydrogen) atoms. The second kappa shape index (κ2) is 9.57. The quantitative estimate of drug-likeness (QED) is 0.561. The molecule has 1 atom stereocenters. The molecule has 5 rings (SSSR count). The number of aryl methyl sites for hydroxylation is 1. The summed E-state index contributed by atoms with van der Waals surface area (Å²) in [6.45, 7) is 6.19. The monoisotopic (exact) mass is 468 g/mol. The van der Waals surface area contributed by atoms with Crippen LogP contribution in [0.4, 0.5) is 0 Å². The lowest BCUT2D eigenvalue weighted by Crippen LogP contribution is -2.50. The Morgan fingerprint density at radius 2 is 1.85 bits per heavy atom. The molecule has 0 aromatic heterocycles. The van der Waals surface area contributed by atoms with Crippen molar-refractivity contribution in [3.8, 4) is 5.75 Å². The van der Waals surface area contributed by atoms with Gasteiger partial charge in [-0.15, -0.1) is 5.10 Å². The van der Waals surface area contributed by atoms with Crippen molar-refractivity contribution in [2.24, 2.45) is 10.1 Å². The van der Waals surface area contributed by atoms with Crippen molar-refractivity contribution in [3.63, 3.8) is 0 Å². The maximum atomic E-state index is 13.3. The van der Waals surface area contributed by atoms with Crippen molar-refractivity contribution in [3.05, 3.63) is 113 Å². The molecule has 0 radical (unpaired) electrons. The Labute approximate surface area is 202 Å². The number of nitrogens with zero attached hydrogens (tertiary/aromatic N) is 3. The summed E-state index contributed by atoms with van der Waals surface area (Å²) in [4.78, 5) is 18.2. The van der Waals surface area contributed by atoms with Crippen LogP contribution in [-0.4, -0.2) is 22.7 Å². The summed E-state index contributed by atoms with van der Waals surface area (Å²) in [5, 5.41) is 11.6. The fraction of sp³-hybridized carbons (Fsp3) is 0.148. The first-order chi connectivity index (χ1) is 16.6. The summed E-state index contributed by atoms with van der Waals surface area (Å²) in [6.07, 6.45) is 1.25. The first-order valence-electron chi connectivity index (χ1n) is 11.0. The Bertz CT molecular complexity index is 1380. The Balaban J connectivity index is 1.50. The lowest BCUT2D eigenvalue weighted by Gasteiger charge is -2.34. The van der Waals surface area contributed by atoms with Gasteiger partial charge < -0.3 is 4.74 Å². The smallest absolute Gasteiger partial charge is 0.276 e. The summed E-state index contributed by atoms with van der Waals surface area (Å²) in [7, 11) is 0. The maximum absolute atomic E-state index is 13.3. The number of benzene rings is 3. The van der Waals surface area contributed by atoms with Crippen LogP contribution in [0.1, 0.15) is 22.9 Å². The number of rotatable bonds is 6. The highest BCUT2D eigenvalue weighted by Gasteiger charge is 2.34. The molecular weight excluding hydrogens is 444 g/mol. The van der Waals surface area contributed by atoms with Gasteiger partial charge >= 0.3 is 0 Å². The summed E-state index contributed by atoms with van der Waals surface area (Å²) >= 11 is 1.50. The fourth-order valence-corrected chi connectivity index (χ4v) is 4.64. The van der Waals surface area contributed by atoms with Gasteiger partial charge in [-0.3, -0.25) is 15.1 Å². The molecule has 3 aromatic rings. The van der Waals surface area contributed by atoms with Gasteiger partial charge in [-0.25, -0.2) is 5.01 Å². The molecule has 1 N–H and O–H groups in total. The highest BCUT2D eigenvalue weighted by molar-refractivity contribution is 8.13. The number of thioether (sulfide) groups is 1. The Hall–Kier alpha value is -3.84. The number of hydrogen-bond acceptors (Lipinski definition) is 6. The molecule has 3 aromatic carbocycles. The molecule has 0 bridgehead atoms. The number of para-hydroxylation sites is 1. The van der Waals surface area contributed by atoms with Gasteiger partial charge in [0.15, 0.2) is 11.3 Å². The van der Waals surface area contributed by atoms with E-state index in [-0.39, 0.29) is 5.91 Å². The molecule has 0 aliphatic carbocycles. The van der Waals surface area contributed by atoms with Crippen molar-refractivity contribution in [1.29, 1.82) is 0 Å². The van der Waals surface area contributed by atoms with Crippen molar-refractivity contribution in [2.75, 3.05) is 6.61 Å². The minimum atomic E-state index is -0.459. The van der Waals surface area contributed by atoms with E-state index in [2.05, 4.69) is 43.1 Å². The van der Waals surface area contributed by atoms with Gasteiger partial charge in [-0.05, 0) is 36.2 Å². The molecule has 0 spiro atoms. The lowest BCUT2D eigenvalue weighted by molar-refractivity contribution is -0.116. The molecule has 170 valence electrons. The normalized spacial score (nSPS) is 16.6. The highest BCUT2D eigenvalue weighted by Crippen LogP contribution is 2.32. The summed E-state index contributed by atoms with van der Waals surface area (Å²) in [5.74, 6) is 1.27. The standard InChI is InChI=1S/C27H24N4O2S/c1-3-16-33-21-14-12-20(13-15-21)25-28-23-7-5-4-6-22(23)24-26(32)29-27(30-31(24)25)34-17-19-10-8-18(2)9-11-19/h3-15,25H,1,16-17H2,2H3,(H,29,30,32)/t25-/m1/s1. The van der Waals surface area contributed by atoms with Crippen LogP contribution in [0.15, 0.2) is 95.5 Å². The van der Waals surface area contributed by atoms with E-state index in [0.29, 0.717) is 23.2 Å². The minimum absolute atomic E-state index is 0.181. The van der Waals surface area contributed by atoms with Crippen molar-refractivity contribution < 1.29 is 9.53 Å². The zero-order valence-corrected chi connectivity index (χ0v) is 19.6. The number of amidine groups is 1. The van der Waals surface area contributed by atoms with Crippen LogP contribution in [0.5, 0.6) is 5.75 Å². The lowest BCUT2D eigenvalue weighted by atomic mass is 10.1. The molecule has 7 heteroatoms. The van der Waals surface area contributed by atoms with Gasteiger partial charge in [-0.1, -0.05) is 84.6 Å². The van der Waals surface area contributed by atoms with Gasteiger partial charge in [0, 0.05) is 11.0 Å². The number of amides is 1. The van der Waals surface area contributed by atoms with Crippen molar-refractivity contribution in [1.82, 2.24) is 10.3 Å². The second-order valence-electron chi connectivity index (χ2n) is 8.02. The number of hydrazone groups is 1. The maximum Gasteiger partial charge on any atom is 0.276 e. The SMILES string of the molecule is C=CCOc1ccc([C@@H]2N=c3ccccc3=C3C(=O)NC(SCc4ccc(C)cc4)=NN32)cc1. The molecule has 0 fully saturated rings. The topological polar surface area (TPSA) is 66.3 Å². The van der Waals surface area contributed by atoms with Gasteiger partial charge in [0.05, 0.1) is 5.36 Å². The third-order valence-electron chi connectivity index (χ3n) is 5.56. The highest BCUT2D eigenvalue weighted by atomic mass is 32.2. The summed E-state index contributed by atoms with van der Waals surface area (Å²) in [6, 6.07) is 23.7. The van der Waals surface area contributed by atoms with E-state index < -0.39 is 6.17 Å². The van der Waals surface area contributed by atoms with Gasteiger partial charge in [-0.2, -0.15) is 0 Å². The van der Waals surface area contributed by atoms with Crippen LogP contribution in [0.3, 0.4) is 0 Å². The van der Waals surface area contributed by atoms with Gasteiger partial charge in [0.25, 0.3) is 5.91 Å². The summed E-state index contributed by atoms with van der Waals surface area (Å²) < 4.78 is 5.61. The number of nitrogens with one attached hydrogen (secondary N) is 1. The van der Waals surface area contributed by atoms with E-state index in [1.165, 1.54) is 22.9 Å². The molecule has 0 unspecified atom stereocenters. The third-order valence-corrected chi connectivity index (χ3v) is 6.49. The van der Waals surface area contributed by atoms with Gasteiger partial charge in [0.1, 0.15) is 18.1 Å².